The molecule has 1 atom stereocenters. The Labute approximate surface area is 185 Å². The monoisotopic (exact) mass is 460 g/mol. The molecule has 1 aliphatic heterocycles. The molecule has 1 fully saturated rings. The Kier molecular flexibility index (Phi) is 6.13. The summed E-state index contributed by atoms with van der Waals surface area (Å²) in [5.74, 6) is 0.388. The van der Waals surface area contributed by atoms with Crippen LogP contribution < -0.4 is 0 Å². The molecule has 1 saturated heterocycles. The van der Waals surface area contributed by atoms with Gasteiger partial charge in [-0.05, 0) is 56.2 Å². The molecule has 0 amide bonds. The number of sulfonamides is 1. The highest BCUT2D eigenvalue weighted by atomic mass is 35.5. The number of hydrogen-bond acceptors (Lipinski definition) is 6. The normalized spacial score (nSPS) is 17.0. The number of oxazole rings is 1. The van der Waals surface area contributed by atoms with Crippen LogP contribution in [0.1, 0.15) is 24.3 Å². The van der Waals surface area contributed by atoms with Gasteiger partial charge in [-0.25, -0.2) is 13.4 Å². The second-order valence-electron chi connectivity index (χ2n) is 7.22. The van der Waals surface area contributed by atoms with Gasteiger partial charge in [0.1, 0.15) is 24.1 Å². The second-order valence-corrected chi connectivity index (χ2v) is 9.55. The summed E-state index contributed by atoms with van der Waals surface area (Å²) in [7, 11) is -3.83. The van der Waals surface area contributed by atoms with Crippen LogP contribution >= 0.6 is 11.6 Å². The van der Waals surface area contributed by atoms with Gasteiger partial charge in [-0.3, -0.25) is 4.79 Å². The Morgan fingerprint density at radius 2 is 1.90 bits per heavy atom. The van der Waals surface area contributed by atoms with E-state index >= 15 is 0 Å². The lowest BCUT2D eigenvalue weighted by molar-refractivity contribution is -0.148. The molecule has 162 valence electrons. The number of nitrogens with zero attached hydrogens (tertiary/aromatic N) is 2. The zero-order chi connectivity index (χ0) is 22.0. The van der Waals surface area contributed by atoms with Crippen molar-refractivity contribution in [3.8, 4) is 11.5 Å². The summed E-state index contributed by atoms with van der Waals surface area (Å²) in [6.45, 7) is 1.91. The number of halogens is 1. The third kappa shape index (κ3) is 4.51. The maximum Gasteiger partial charge on any atom is 0.324 e. The van der Waals surface area contributed by atoms with Crippen molar-refractivity contribution in [1.29, 1.82) is 0 Å². The zero-order valence-corrected chi connectivity index (χ0v) is 18.4. The number of aryl methyl sites for hydroxylation is 1. The largest absolute Gasteiger partial charge is 0.458 e. The molecule has 0 unspecified atom stereocenters. The van der Waals surface area contributed by atoms with E-state index in [0.29, 0.717) is 35.2 Å². The van der Waals surface area contributed by atoms with E-state index in [-0.39, 0.29) is 18.0 Å². The van der Waals surface area contributed by atoms with Crippen LogP contribution in [0.2, 0.25) is 5.02 Å². The summed E-state index contributed by atoms with van der Waals surface area (Å²) >= 11 is 5.86. The highest BCUT2D eigenvalue weighted by molar-refractivity contribution is 7.89. The smallest absolute Gasteiger partial charge is 0.324 e. The summed E-state index contributed by atoms with van der Waals surface area (Å²) in [5.41, 5.74) is 1.32. The van der Waals surface area contributed by atoms with Crippen LogP contribution in [0.3, 0.4) is 0 Å². The Morgan fingerprint density at radius 3 is 2.61 bits per heavy atom. The first-order valence-corrected chi connectivity index (χ1v) is 11.6. The fourth-order valence-electron chi connectivity index (χ4n) is 3.51. The highest BCUT2D eigenvalue weighted by Crippen LogP contribution is 2.28. The van der Waals surface area contributed by atoms with E-state index < -0.39 is 22.0 Å². The maximum atomic E-state index is 13.0. The lowest BCUT2D eigenvalue weighted by atomic mass is 10.2. The predicted molar refractivity (Wildman–Crippen MR) is 115 cm³/mol. The topological polar surface area (TPSA) is 89.7 Å². The van der Waals surface area contributed by atoms with E-state index in [9.17, 15) is 13.2 Å². The molecule has 31 heavy (non-hydrogen) atoms. The van der Waals surface area contributed by atoms with Crippen molar-refractivity contribution in [2.75, 3.05) is 6.54 Å². The van der Waals surface area contributed by atoms with E-state index in [2.05, 4.69) is 4.98 Å². The van der Waals surface area contributed by atoms with Gasteiger partial charge in [0, 0.05) is 17.1 Å². The minimum absolute atomic E-state index is 0.0909. The van der Waals surface area contributed by atoms with Gasteiger partial charge >= 0.3 is 5.97 Å². The van der Waals surface area contributed by atoms with Crippen molar-refractivity contribution in [2.45, 2.75) is 37.3 Å². The molecular formula is C22H21ClN2O5S. The van der Waals surface area contributed by atoms with Gasteiger partial charge in [-0.1, -0.05) is 29.8 Å². The standard InChI is InChI=1S/C22H21ClN2O5S/c1-15-19(24-21(30-15)16-6-3-2-4-7-16)14-29-22(26)20-8-5-13-25(20)31(27,28)18-11-9-17(23)10-12-18/h2-4,6-7,9-12,20H,5,8,13-14H2,1H3/t20-/m0/s1. The minimum Gasteiger partial charge on any atom is -0.458 e. The van der Waals surface area contributed by atoms with Gasteiger partial charge in [-0.15, -0.1) is 0 Å². The lowest BCUT2D eigenvalue weighted by Crippen LogP contribution is -2.41. The van der Waals surface area contributed by atoms with Gasteiger partial charge in [0.15, 0.2) is 0 Å². The molecule has 0 N–H and O–H groups in total. The van der Waals surface area contributed by atoms with Crippen LogP contribution in [0.25, 0.3) is 11.5 Å². The Morgan fingerprint density at radius 1 is 1.19 bits per heavy atom. The molecule has 2 heterocycles. The van der Waals surface area contributed by atoms with Crippen LogP contribution in [-0.4, -0.2) is 36.3 Å². The molecule has 0 saturated carbocycles. The highest BCUT2D eigenvalue weighted by Gasteiger charge is 2.40. The van der Waals surface area contributed by atoms with Crippen LogP contribution in [0, 0.1) is 6.92 Å². The Hall–Kier alpha value is -2.68. The average Bonchev–Trinajstić information content (AvgIpc) is 3.40. The van der Waals surface area contributed by atoms with E-state index in [1.54, 1.807) is 6.92 Å². The number of carbonyl (C=O) groups excluding carboxylic acids is 1. The molecule has 3 aromatic rings. The van der Waals surface area contributed by atoms with Crippen molar-refractivity contribution in [1.82, 2.24) is 9.29 Å². The van der Waals surface area contributed by atoms with Crippen LogP contribution in [0.5, 0.6) is 0 Å². The maximum absolute atomic E-state index is 13.0. The lowest BCUT2D eigenvalue weighted by Gasteiger charge is -2.22. The number of esters is 1. The predicted octanol–water partition coefficient (Wildman–Crippen LogP) is 4.20. The van der Waals surface area contributed by atoms with Crippen LogP contribution in [0.4, 0.5) is 0 Å². The first-order chi connectivity index (χ1) is 14.9. The van der Waals surface area contributed by atoms with Crippen LogP contribution in [0.15, 0.2) is 63.9 Å². The minimum atomic E-state index is -3.83. The second kappa shape index (κ2) is 8.82. The summed E-state index contributed by atoms with van der Waals surface area (Å²) in [5, 5.41) is 0.439. The molecule has 7 nitrogen and oxygen atoms in total. The number of aromatic nitrogens is 1. The summed E-state index contributed by atoms with van der Waals surface area (Å²) < 4.78 is 38.3. The first-order valence-electron chi connectivity index (χ1n) is 9.82. The van der Waals surface area contributed by atoms with Crippen molar-refractivity contribution in [3.63, 3.8) is 0 Å². The third-order valence-corrected chi connectivity index (χ3v) is 7.33. The van der Waals surface area contributed by atoms with Crippen molar-refractivity contribution >= 4 is 27.6 Å². The van der Waals surface area contributed by atoms with E-state index in [1.165, 1.54) is 28.6 Å². The molecule has 0 aliphatic carbocycles. The summed E-state index contributed by atoms with van der Waals surface area (Å²) in [6.07, 6.45) is 0.979. The first kappa shape index (κ1) is 21.5. The summed E-state index contributed by atoms with van der Waals surface area (Å²) in [6, 6.07) is 14.4. The Balaban J connectivity index is 1.46. The average molecular weight is 461 g/mol. The van der Waals surface area contributed by atoms with Crippen molar-refractivity contribution in [2.24, 2.45) is 0 Å². The van der Waals surface area contributed by atoms with E-state index in [4.69, 9.17) is 20.8 Å². The van der Waals surface area contributed by atoms with Gasteiger partial charge < -0.3 is 9.15 Å². The number of hydrogen-bond donors (Lipinski definition) is 0. The molecule has 1 aliphatic rings. The number of ether oxygens (including phenoxy) is 1. The fraction of sp³-hybridized carbons (Fsp3) is 0.273. The Bertz CT molecular complexity index is 1180. The molecule has 0 radical (unpaired) electrons. The molecule has 2 aromatic carbocycles. The third-order valence-electron chi connectivity index (χ3n) is 5.16. The van der Waals surface area contributed by atoms with Gasteiger partial charge in [0.25, 0.3) is 0 Å². The van der Waals surface area contributed by atoms with E-state index in [1.807, 2.05) is 30.3 Å². The quantitative estimate of drug-likeness (QED) is 0.512. The number of benzene rings is 2. The summed E-state index contributed by atoms with van der Waals surface area (Å²) in [4.78, 5) is 17.2. The number of carbonyl (C=O) groups is 1. The SMILES string of the molecule is Cc1oc(-c2ccccc2)nc1COC(=O)[C@@H]1CCCN1S(=O)(=O)c1ccc(Cl)cc1. The van der Waals surface area contributed by atoms with E-state index in [0.717, 1.165) is 5.56 Å². The number of rotatable bonds is 6. The van der Waals surface area contributed by atoms with Gasteiger partial charge in [0.05, 0.1) is 4.90 Å². The molecular weight excluding hydrogens is 440 g/mol. The van der Waals surface area contributed by atoms with Gasteiger partial charge in [-0.2, -0.15) is 4.31 Å². The molecule has 0 spiro atoms. The molecule has 4 rings (SSSR count). The molecule has 1 aromatic heterocycles. The van der Waals surface area contributed by atoms with Gasteiger partial charge in [0.2, 0.25) is 15.9 Å². The van der Waals surface area contributed by atoms with Crippen molar-refractivity contribution < 1.29 is 22.4 Å². The fourth-order valence-corrected chi connectivity index (χ4v) is 5.28. The molecule has 9 heteroatoms. The molecule has 0 bridgehead atoms. The van der Waals surface area contributed by atoms with Crippen LogP contribution in [-0.2, 0) is 26.2 Å². The zero-order valence-electron chi connectivity index (χ0n) is 16.8. The van der Waals surface area contributed by atoms with Crippen molar-refractivity contribution in [3.05, 3.63) is 71.1 Å².